The molecule has 1 aliphatic heterocycles. The zero-order valence-electron chi connectivity index (χ0n) is 10.5. The second kappa shape index (κ2) is 5.27. The third-order valence-corrected chi connectivity index (χ3v) is 3.04. The van der Waals surface area contributed by atoms with Crippen LogP contribution in [0.15, 0.2) is 18.2 Å². The Morgan fingerprint density at radius 1 is 1.67 bits per heavy atom. The molecule has 18 heavy (non-hydrogen) atoms. The highest BCUT2D eigenvalue weighted by Crippen LogP contribution is 2.35. The molecular formula is C13H17NO4. The number of likely N-dealkylation sites (N-methyl/N-ethyl adjacent to an activating group) is 1. The van der Waals surface area contributed by atoms with Gasteiger partial charge in [-0.15, -0.1) is 0 Å². The van der Waals surface area contributed by atoms with Gasteiger partial charge in [0.1, 0.15) is 18.1 Å². The standard InChI is InChI=1S/C13H17NO4/c1-3-11(13(15)16)18-8-4-5-9-10(14-2)7-17-12(9)6-8/h4-6,10-11,14H,3,7H2,1-2H3,(H,15,16). The van der Waals surface area contributed by atoms with E-state index < -0.39 is 12.1 Å². The van der Waals surface area contributed by atoms with Crippen molar-refractivity contribution in [2.24, 2.45) is 0 Å². The minimum atomic E-state index is -0.952. The Hall–Kier alpha value is -1.75. The smallest absolute Gasteiger partial charge is 0.344 e. The molecule has 0 bridgehead atoms. The van der Waals surface area contributed by atoms with Gasteiger partial charge >= 0.3 is 5.97 Å². The first-order chi connectivity index (χ1) is 8.65. The third-order valence-electron chi connectivity index (χ3n) is 3.04. The molecule has 0 aliphatic carbocycles. The number of hydrogen-bond acceptors (Lipinski definition) is 4. The van der Waals surface area contributed by atoms with E-state index in [-0.39, 0.29) is 6.04 Å². The molecule has 1 aromatic rings. The second-order valence-electron chi connectivity index (χ2n) is 4.20. The van der Waals surface area contributed by atoms with Gasteiger partial charge in [-0.25, -0.2) is 4.79 Å². The van der Waals surface area contributed by atoms with Gasteiger partial charge in [-0.1, -0.05) is 6.92 Å². The molecule has 5 nitrogen and oxygen atoms in total. The van der Waals surface area contributed by atoms with Gasteiger partial charge in [0.25, 0.3) is 0 Å². The summed E-state index contributed by atoms with van der Waals surface area (Å²) in [5.41, 5.74) is 1.08. The molecule has 1 aromatic carbocycles. The summed E-state index contributed by atoms with van der Waals surface area (Å²) in [6.07, 6.45) is -0.392. The summed E-state index contributed by atoms with van der Waals surface area (Å²) < 4.78 is 10.9. The molecule has 0 radical (unpaired) electrons. The fourth-order valence-corrected chi connectivity index (χ4v) is 1.98. The first-order valence-corrected chi connectivity index (χ1v) is 5.99. The Morgan fingerprint density at radius 2 is 2.44 bits per heavy atom. The topological polar surface area (TPSA) is 67.8 Å². The number of benzene rings is 1. The third kappa shape index (κ3) is 2.41. The molecule has 0 spiro atoms. The van der Waals surface area contributed by atoms with Crippen LogP contribution < -0.4 is 14.8 Å². The summed E-state index contributed by atoms with van der Waals surface area (Å²) in [6, 6.07) is 5.63. The van der Waals surface area contributed by atoms with Gasteiger partial charge in [-0.2, -0.15) is 0 Å². The van der Waals surface area contributed by atoms with Gasteiger partial charge in [0.05, 0.1) is 6.04 Å². The van der Waals surface area contributed by atoms with Crippen molar-refractivity contribution in [1.29, 1.82) is 0 Å². The van der Waals surface area contributed by atoms with Crippen molar-refractivity contribution in [2.75, 3.05) is 13.7 Å². The van der Waals surface area contributed by atoms with Crippen molar-refractivity contribution in [3.05, 3.63) is 23.8 Å². The molecule has 0 saturated heterocycles. The predicted molar refractivity (Wildman–Crippen MR) is 66.1 cm³/mol. The molecule has 2 N–H and O–H groups in total. The number of nitrogens with one attached hydrogen (secondary N) is 1. The first-order valence-electron chi connectivity index (χ1n) is 5.99. The number of fused-ring (bicyclic) bond motifs is 1. The minimum absolute atomic E-state index is 0.190. The molecule has 2 rings (SSSR count). The Labute approximate surface area is 106 Å². The molecule has 0 aromatic heterocycles. The molecule has 5 heteroatoms. The number of carboxylic acid groups (broad SMARTS) is 1. The molecule has 2 unspecified atom stereocenters. The van der Waals surface area contributed by atoms with E-state index in [2.05, 4.69) is 5.32 Å². The minimum Gasteiger partial charge on any atom is -0.491 e. The highest BCUT2D eigenvalue weighted by Gasteiger charge is 2.24. The van der Waals surface area contributed by atoms with E-state index in [0.29, 0.717) is 18.8 Å². The summed E-state index contributed by atoms with van der Waals surface area (Å²) in [5, 5.41) is 12.1. The Bertz CT molecular complexity index is 447. The van der Waals surface area contributed by atoms with Crippen LogP contribution >= 0.6 is 0 Å². The van der Waals surface area contributed by atoms with Gasteiger partial charge in [0.2, 0.25) is 0 Å². The molecular weight excluding hydrogens is 234 g/mol. The lowest BCUT2D eigenvalue weighted by atomic mass is 10.1. The van der Waals surface area contributed by atoms with Crippen LogP contribution in [-0.2, 0) is 4.79 Å². The van der Waals surface area contributed by atoms with Crippen LogP contribution in [0.2, 0.25) is 0 Å². The highest BCUT2D eigenvalue weighted by atomic mass is 16.5. The van der Waals surface area contributed by atoms with Crippen LogP contribution in [0.1, 0.15) is 24.9 Å². The van der Waals surface area contributed by atoms with Gasteiger partial charge in [0.15, 0.2) is 6.10 Å². The number of hydrogen-bond donors (Lipinski definition) is 2. The number of aliphatic carboxylic acids is 1. The highest BCUT2D eigenvalue weighted by molar-refractivity contribution is 5.72. The second-order valence-corrected chi connectivity index (χ2v) is 4.20. The van der Waals surface area contributed by atoms with E-state index >= 15 is 0 Å². The monoisotopic (exact) mass is 251 g/mol. The maximum Gasteiger partial charge on any atom is 0.344 e. The Morgan fingerprint density at radius 3 is 3.06 bits per heavy atom. The first kappa shape index (κ1) is 12.7. The number of ether oxygens (including phenoxy) is 2. The number of carboxylic acids is 1. The van der Waals surface area contributed by atoms with Crippen molar-refractivity contribution in [1.82, 2.24) is 5.32 Å². The van der Waals surface area contributed by atoms with Gasteiger partial charge in [-0.3, -0.25) is 0 Å². The average molecular weight is 251 g/mol. The van der Waals surface area contributed by atoms with Crippen molar-refractivity contribution >= 4 is 5.97 Å². The molecule has 0 saturated carbocycles. The van der Waals surface area contributed by atoms with E-state index in [9.17, 15) is 4.79 Å². The van der Waals surface area contributed by atoms with Gasteiger partial charge in [-0.05, 0) is 25.6 Å². The lowest BCUT2D eigenvalue weighted by molar-refractivity contribution is -0.145. The van der Waals surface area contributed by atoms with Crippen LogP contribution in [0.25, 0.3) is 0 Å². The fourth-order valence-electron chi connectivity index (χ4n) is 1.98. The summed E-state index contributed by atoms with van der Waals surface area (Å²) in [7, 11) is 1.88. The number of rotatable bonds is 5. The number of carbonyl (C=O) groups is 1. The zero-order chi connectivity index (χ0) is 13.1. The van der Waals surface area contributed by atoms with Crippen LogP contribution in [-0.4, -0.2) is 30.8 Å². The Kier molecular flexibility index (Phi) is 3.72. The average Bonchev–Trinajstić information content (AvgIpc) is 2.77. The molecule has 1 heterocycles. The van der Waals surface area contributed by atoms with Crippen molar-refractivity contribution in [3.8, 4) is 11.5 Å². The van der Waals surface area contributed by atoms with Crippen LogP contribution in [0.5, 0.6) is 11.5 Å². The molecule has 0 fully saturated rings. The van der Waals surface area contributed by atoms with Gasteiger partial charge in [0, 0.05) is 11.6 Å². The summed E-state index contributed by atoms with van der Waals surface area (Å²) in [6.45, 7) is 2.37. The van der Waals surface area contributed by atoms with Crippen molar-refractivity contribution in [2.45, 2.75) is 25.5 Å². The summed E-state index contributed by atoms with van der Waals surface area (Å²) in [4.78, 5) is 10.9. The van der Waals surface area contributed by atoms with Crippen molar-refractivity contribution in [3.63, 3.8) is 0 Å². The van der Waals surface area contributed by atoms with Crippen LogP contribution in [0.4, 0.5) is 0 Å². The van der Waals surface area contributed by atoms with E-state index in [1.807, 2.05) is 13.1 Å². The lowest BCUT2D eigenvalue weighted by Gasteiger charge is -2.14. The van der Waals surface area contributed by atoms with E-state index in [4.69, 9.17) is 14.6 Å². The summed E-state index contributed by atoms with van der Waals surface area (Å²) >= 11 is 0. The molecule has 0 amide bonds. The Balaban J connectivity index is 2.15. The van der Waals surface area contributed by atoms with E-state index in [1.54, 1.807) is 19.1 Å². The molecule has 2 atom stereocenters. The maximum atomic E-state index is 10.9. The normalized spacial score (nSPS) is 18.9. The van der Waals surface area contributed by atoms with E-state index in [0.717, 1.165) is 11.3 Å². The lowest BCUT2D eigenvalue weighted by Crippen LogP contribution is -2.25. The molecule has 1 aliphatic rings. The molecule has 98 valence electrons. The zero-order valence-corrected chi connectivity index (χ0v) is 10.5. The van der Waals surface area contributed by atoms with Crippen molar-refractivity contribution < 1.29 is 19.4 Å². The quantitative estimate of drug-likeness (QED) is 0.831. The van der Waals surface area contributed by atoms with Gasteiger partial charge < -0.3 is 19.9 Å². The SMILES string of the molecule is CCC(Oc1ccc2c(c1)OCC2NC)C(=O)O. The largest absolute Gasteiger partial charge is 0.491 e. The van der Waals surface area contributed by atoms with E-state index in [1.165, 1.54) is 0 Å². The van der Waals surface area contributed by atoms with Crippen LogP contribution in [0.3, 0.4) is 0 Å². The fraction of sp³-hybridized carbons (Fsp3) is 0.462. The maximum absolute atomic E-state index is 10.9. The van der Waals surface area contributed by atoms with Crippen LogP contribution in [0, 0.1) is 0 Å². The summed E-state index contributed by atoms with van der Waals surface area (Å²) in [5.74, 6) is 0.332. The predicted octanol–water partition coefficient (Wildman–Crippen LogP) is 1.58.